The van der Waals surface area contributed by atoms with Crippen LogP contribution < -0.4 is 5.32 Å². The predicted molar refractivity (Wildman–Crippen MR) is 150 cm³/mol. The monoisotopic (exact) mass is 545 g/mol. The largest absolute Gasteiger partial charge is 0.444 e. The molecule has 5 heterocycles. The summed E-state index contributed by atoms with van der Waals surface area (Å²) in [7, 11) is 1.69. The van der Waals surface area contributed by atoms with Crippen molar-refractivity contribution in [1.29, 1.82) is 0 Å². The zero-order valence-electron chi connectivity index (χ0n) is 23.8. The molecule has 0 aliphatic carbocycles. The maximum absolute atomic E-state index is 12.3. The molecule has 2 fully saturated rings. The molecule has 1 N–H and O–H groups in total. The number of aromatic nitrogens is 3. The number of fused-ring (bicyclic) bond motifs is 1. The first-order valence-corrected chi connectivity index (χ1v) is 13.4. The van der Waals surface area contributed by atoms with Crippen LogP contribution in [0.1, 0.15) is 50.9 Å². The van der Waals surface area contributed by atoms with E-state index in [0.29, 0.717) is 37.9 Å². The van der Waals surface area contributed by atoms with Gasteiger partial charge in [-0.3, -0.25) is 9.36 Å². The van der Waals surface area contributed by atoms with Crippen molar-refractivity contribution in [1.82, 2.24) is 19.4 Å². The maximum atomic E-state index is 12.3. The predicted octanol–water partition coefficient (Wildman–Crippen LogP) is 4.17. The lowest BCUT2D eigenvalue weighted by Crippen LogP contribution is -2.51. The highest BCUT2D eigenvalue weighted by molar-refractivity contribution is 5.93. The molecule has 10 heteroatoms. The molecule has 3 aromatic rings. The van der Waals surface area contributed by atoms with E-state index >= 15 is 0 Å². The van der Waals surface area contributed by atoms with Crippen LogP contribution in [-0.4, -0.2) is 70.4 Å². The summed E-state index contributed by atoms with van der Waals surface area (Å²) in [6.07, 6.45) is 4.06. The number of aryl methyl sites for hydroxylation is 1. The highest BCUT2D eigenvalue weighted by atomic mass is 16.6. The fourth-order valence-corrected chi connectivity index (χ4v) is 4.90. The number of carbonyl (C=O) groups is 2. The number of rotatable bonds is 4. The number of methoxy groups -OCH3 is 1. The lowest BCUT2D eigenvalue weighted by molar-refractivity contribution is -0.114. The van der Waals surface area contributed by atoms with E-state index in [2.05, 4.69) is 22.1 Å². The van der Waals surface area contributed by atoms with Crippen LogP contribution in [0.15, 0.2) is 30.6 Å². The number of ether oxygens (including phenoxy) is 3. The van der Waals surface area contributed by atoms with Crippen LogP contribution >= 0.6 is 0 Å². The Balaban J connectivity index is 1.50. The van der Waals surface area contributed by atoms with Crippen molar-refractivity contribution in [2.45, 2.75) is 52.2 Å². The topological polar surface area (TPSA) is 108 Å². The third-order valence-corrected chi connectivity index (χ3v) is 6.98. The first kappa shape index (κ1) is 27.6. The van der Waals surface area contributed by atoms with Gasteiger partial charge in [0.2, 0.25) is 5.91 Å². The Kier molecular flexibility index (Phi) is 7.29. The number of hydrogen-bond donors (Lipinski definition) is 1. The average molecular weight is 546 g/mol. The standard InChI is InChI=1S/C30H35N5O5/c1-19-11-25(30(38-6)9-10-39-18-30)33-27(12-19)35-17-22(23-14-31-26(13-24(23)35)32-20(2)36)8-7-21-15-34(16-21)28(37)40-29(3,4)5/h11-14,17,21H,9-10,15-16,18H2,1-6H3,(H,31,32,36). The minimum atomic E-state index is -0.598. The molecule has 0 saturated carbocycles. The molecule has 3 aromatic heterocycles. The van der Waals surface area contributed by atoms with Gasteiger partial charge in [0.05, 0.1) is 29.3 Å². The quantitative estimate of drug-likeness (QED) is 0.491. The minimum absolute atomic E-state index is 0.0464. The smallest absolute Gasteiger partial charge is 0.410 e. The highest BCUT2D eigenvalue weighted by Crippen LogP contribution is 2.34. The molecule has 0 spiro atoms. The molecule has 10 nitrogen and oxygen atoms in total. The molecule has 2 saturated heterocycles. The molecule has 1 unspecified atom stereocenters. The van der Waals surface area contributed by atoms with Gasteiger partial charge in [-0.15, -0.1) is 0 Å². The van der Waals surface area contributed by atoms with E-state index in [1.54, 1.807) is 18.2 Å². The van der Waals surface area contributed by atoms with E-state index in [9.17, 15) is 9.59 Å². The van der Waals surface area contributed by atoms with Gasteiger partial charge in [-0.1, -0.05) is 11.8 Å². The van der Waals surface area contributed by atoms with Crippen molar-refractivity contribution >= 4 is 28.7 Å². The minimum Gasteiger partial charge on any atom is -0.444 e. The molecule has 2 aliphatic rings. The van der Waals surface area contributed by atoms with Crippen LogP contribution in [0.25, 0.3) is 16.7 Å². The maximum Gasteiger partial charge on any atom is 0.410 e. The van der Waals surface area contributed by atoms with E-state index in [4.69, 9.17) is 19.2 Å². The Hall–Kier alpha value is -3.94. The van der Waals surface area contributed by atoms with Gasteiger partial charge in [-0.25, -0.2) is 14.8 Å². The Morgan fingerprint density at radius 1 is 1.23 bits per heavy atom. The number of anilines is 1. The first-order valence-electron chi connectivity index (χ1n) is 13.4. The van der Waals surface area contributed by atoms with E-state index in [-0.39, 0.29) is 17.9 Å². The van der Waals surface area contributed by atoms with Gasteiger partial charge in [0.1, 0.15) is 22.8 Å². The summed E-state index contributed by atoms with van der Waals surface area (Å²) in [5.41, 5.74) is 2.30. The summed E-state index contributed by atoms with van der Waals surface area (Å²) in [5.74, 6) is 7.59. The third kappa shape index (κ3) is 5.67. The molecule has 210 valence electrons. The molecule has 5 rings (SSSR count). The second-order valence-corrected chi connectivity index (χ2v) is 11.4. The summed E-state index contributed by atoms with van der Waals surface area (Å²) in [6.45, 7) is 11.1. The summed E-state index contributed by atoms with van der Waals surface area (Å²) in [5, 5.41) is 3.60. The number of nitrogens with zero attached hydrogens (tertiary/aromatic N) is 4. The molecular weight excluding hydrogens is 510 g/mol. The SMILES string of the molecule is COC1(c2cc(C)cc(-n3cc(C#CC4CN(C(=O)OC(C)(C)C)C4)c4cnc(NC(C)=O)cc43)n2)CCOC1. The Morgan fingerprint density at radius 2 is 2.00 bits per heavy atom. The number of carbonyl (C=O) groups excluding carboxylic acids is 2. The molecule has 1 atom stereocenters. The Labute approximate surface area is 234 Å². The third-order valence-electron chi connectivity index (χ3n) is 6.98. The zero-order chi connectivity index (χ0) is 28.7. The van der Waals surface area contributed by atoms with Crippen LogP contribution in [0, 0.1) is 24.7 Å². The molecule has 0 radical (unpaired) electrons. The molecule has 2 amide bonds. The number of amides is 2. The molecule has 0 aromatic carbocycles. The summed E-state index contributed by atoms with van der Waals surface area (Å²) >= 11 is 0. The summed E-state index contributed by atoms with van der Waals surface area (Å²) in [4.78, 5) is 35.1. The van der Waals surface area contributed by atoms with Gasteiger partial charge >= 0.3 is 6.09 Å². The second kappa shape index (κ2) is 10.6. The van der Waals surface area contributed by atoms with Gasteiger partial charge in [-0.05, 0) is 45.4 Å². The van der Waals surface area contributed by atoms with Gasteiger partial charge in [0.25, 0.3) is 0 Å². The number of nitrogens with one attached hydrogen (secondary N) is 1. The Morgan fingerprint density at radius 3 is 2.65 bits per heavy atom. The summed E-state index contributed by atoms with van der Waals surface area (Å²) < 4.78 is 19.0. The average Bonchev–Trinajstić information content (AvgIpc) is 3.47. The van der Waals surface area contributed by atoms with Gasteiger partial charge < -0.3 is 24.4 Å². The van der Waals surface area contributed by atoms with Crippen LogP contribution in [0.2, 0.25) is 0 Å². The van der Waals surface area contributed by atoms with Crippen molar-refractivity contribution in [2.24, 2.45) is 5.92 Å². The van der Waals surface area contributed by atoms with Crippen molar-refractivity contribution in [3.8, 4) is 17.7 Å². The van der Waals surface area contributed by atoms with E-state index in [1.165, 1.54) is 6.92 Å². The fraction of sp³-hybridized carbons (Fsp3) is 0.467. The molecule has 0 bridgehead atoms. The van der Waals surface area contributed by atoms with Crippen LogP contribution in [0.5, 0.6) is 0 Å². The lowest BCUT2D eigenvalue weighted by Gasteiger charge is -2.37. The number of hydrogen-bond acceptors (Lipinski definition) is 7. The zero-order valence-corrected chi connectivity index (χ0v) is 23.8. The van der Waals surface area contributed by atoms with E-state index < -0.39 is 11.2 Å². The van der Waals surface area contributed by atoms with Gasteiger partial charge in [0.15, 0.2) is 0 Å². The Bertz CT molecular complexity index is 1510. The summed E-state index contributed by atoms with van der Waals surface area (Å²) in [6, 6.07) is 5.86. The van der Waals surface area contributed by atoms with E-state index in [1.807, 2.05) is 56.7 Å². The fourth-order valence-electron chi connectivity index (χ4n) is 4.90. The molecular formula is C30H35N5O5. The van der Waals surface area contributed by atoms with Gasteiger partial charge in [0, 0.05) is 64.0 Å². The molecule has 40 heavy (non-hydrogen) atoms. The number of pyridine rings is 2. The van der Waals surface area contributed by atoms with Gasteiger partial charge in [-0.2, -0.15) is 0 Å². The van der Waals surface area contributed by atoms with Crippen molar-refractivity contribution in [3.63, 3.8) is 0 Å². The lowest BCUT2D eigenvalue weighted by atomic mass is 9.97. The highest BCUT2D eigenvalue weighted by Gasteiger charge is 2.39. The van der Waals surface area contributed by atoms with E-state index in [0.717, 1.165) is 34.1 Å². The second-order valence-electron chi connectivity index (χ2n) is 11.4. The first-order chi connectivity index (χ1) is 19.0. The van der Waals surface area contributed by atoms with Crippen LogP contribution in [0.3, 0.4) is 0 Å². The molecule has 2 aliphatic heterocycles. The van der Waals surface area contributed by atoms with Crippen molar-refractivity contribution in [3.05, 3.63) is 47.4 Å². The number of likely N-dealkylation sites (tertiary alicyclic amines) is 1. The van der Waals surface area contributed by atoms with Crippen LogP contribution in [0.4, 0.5) is 10.6 Å². The normalized spacial score (nSPS) is 19.2. The van der Waals surface area contributed by atoms with Crippen LogP contribution in [-0.2, 0) is 24.6 Å². The van der Waals surface area contributed by atoms with Crippen molar-refractivity contribution in [2.75, 3.05) is 38.7 Å². The van der Waals surface area contributed by atoms with Crippen molar-refractivity contribution < 1.29 is 23.8 Å².